The van der Waals surface area contributed by atoms with Crippen molar-refractivity contribution >= 4 is 29.1 Å². The van der Waals surface area contributed by atoms with Gasteiger partial charge in [0.25, 0.3) is 0 Å². The highest BCUT2D eigenvalue weighted by Crippen LogP contribution is 2.46. The Bertz CT molecular complexity index is 868. The number of ether oxygens (including phenoxy) is 1. The van der Waals surface area contributed by atoms with Crippen LogP contribution in [-0.2, 0) is 16.0 Å². The lowest BCUT2D eigenvalue weighted by atomic mass is 10.0. The van der Waals surface area contributed by atoms with Gasteiger partial charge in [-0.1, -0.05) is 23.7 Å². The molecule has 0 unspecified atom stereocenters. The number of nitrogens with one attached hydrogen (secondary N) is 2. The van der Waals surface area contributed by atoms with Crippen molar-refractivity contribution in [3.63, 3.8) is 0 Å². The first-order valence-corrected chi connectivity index (χ1v) is 9.00. The number of anilines is 1. The summed E-state index contributed by atoms with van der Waals surface area (Å²) in [5, 5.41) is 5.40. The minimum atomic E-state index is -1.06. The Hall–Kier alpha value is -2.60. The van der Waals surface area contributed by atoms with Gasteiger partial charge in [0.05, 0.1) is 12.1 Å². The van der Waals surface area contributed by atoms with Crippen LogP contribution in [0.25, 0.3) is 0 Å². The van der Waals surface area contributed by atoms with Crippen molar-refractivity contribution in [2.75, 3.05) is 19.0 Å². The standard InChI is InChI=1S/C20H20ClFN2O3/c1-27-15-4-2-3-13(11-15)7-10-23-18(25)20(8-9-20)19(26)24-14-5-6-17(22)16(21)12-14/h2-6,11-12H,7-10H2,1H3,(H,23,25)(H,24,26). The van der Waals surface area contributed by atoms with Crippen LogP contribution in [0.1, 0.15) is 18.4 Å². The maximum atomic E-state index is 13.2. The molecule has 0 atom stereocenters. The van der Waals surface area contributed by atoms with Gasteiger partial charge in [0.2, 0.25) is 11.8 Å². The minimum absolute atomic E-state index is 0.0830. The summed E-state index contributed by atoms with van der Waals surface area (Å²) in [7, 11) is 1.60. The molecule has 3 rings (SSSR count). The molecule has 0 aliphatic heterocycles. The van der Waals surface area contributed by atoms with Gasteiger partial charge >= 0.3 is 0 Å². The second-order valence-electron chi connectivity index (χ2n) is 6.52. The summed E-state index contributed by atoms with van der Waals surface area (Å²) in [5.41, 5.74) is 0.335. The average Bonchev–Trinajstić information content (AvgIpc) is 3.47. The molecule has 1 fully saturated rings. The lowest BCUT2D eigenvalue weighted by Crippen LogP contribution is -2.40. The maximum absolute atomic E-state index is 13.2. The first kappa shape index (κ1) is 19.2. The van der Waals surface area contributed by atoms with Crippen molar-refractivity contribution in [1.29, 1.82) is 0 Å². The van der Waals surface area contributed by atoms with Crippen LogP contribution in [0, 0.1) is 11.2 Å². The van der Waals surface area contributed by atoms with Gasteiger partial charge in [-0.25, -0.2) is 4.39 Å². The van der Waals surface area contributed by atoms with E-state index in [4.69, 9.17) is 16.3 Å². The molecule has 1 saturated carbocycles. The SMILES string of the molecule is COc1cccc(CCNC(=O)C2(C(=O)Nc3ccc(F)c(Cl)c3)CC2)c1. The summed E-state index contributed by atoms with van der Waals surface area (Å²) in [4.78, 5) is 25.0. The van der Waals surface area contributed by atoms with E-state index < -0.39 is 17.1 Å². The van der Waals surface area contributed by atoms with Crippen molar-refractivity contribution < 1.29 is 18.7 Å². The number of amides is 2. The molecule has 7 heteroatoms. The first-order valence-electron chi connectivity index (χ1n) is 8.62. The summed E-state index contributed by atoms with van der Waals surface area (Å²) in [5.74, 6) is -0.499. The van der Waals surface area contributed by atoms with Crippen molar-refractivity contribution in [1.82, 2.24) is 5.32 Å². The van der Waals surface area contributed by atoms with Gasteiger partial charge in [-0.3, -0.25) is 9.59 Å². The van der Waals surface area contributed by atoms with Gasteiger partial charge in [0.1, 0.15) is 17.0 Å². The highest BCUT2D eigenvalue weighted by molar-refractivity contribution is 6.31. The van der Waals surface area contributed by atoms with Crippen LogP contribution < -0.4 is 15.4 Å². The molecular formula is C20H20ClFN2O3. The topological polar surface area (TPSA) is 67.4 Å². The molecule has 142 valence electrons. The number of halogens is 2. The molecular weight excluding hydrogens is 371 g/mol. The zero-order chi connectivity index (χ0) is 19.4. The molecule has 0 spiro atoms. The average molecular weight is 391 g/mol. The summed E-state index contributed by atoms with van der Waals surface area (Å²) in [6.07, 6.45) is 1.60. The molecule has 0 heterocycles. The second kappa shape index (κ2) is 7.96. The van der Waals surface area contributed by atoms with Crippen LogP contribution in [-0.4, -0.2) is 25.5 Å². The zero-order valence-corrected chi connectivity index (χ0v) is 15.6. The highest BCUT2D eigenvalue weighted by Gasteiger charge is 2.56. The number of hydrogen-bond acceptors (Lipinski definition) is 3. The third-order valence-electron chi connectivity index (χ3n) is 4.63. The molecule has 0 bridgehead atoms. The van der Waals surface area contributed by atoms with Crippen LogP contribution in [0.5, 0.6) is 5.75 Å². The maximum Gasteiger partial charge on any atom is 0.240 e. The third-order valence-corrected chi connectivity index (χ3v) is 4.92. The van der Waals surface area contributed by atoms with Gasteiger partial charge in [-0.05, 0) is 55.2 Å². The molecule has 0 aromatic heterocycles. The van der Waals surface area contributed by atoms with E-state index in [1.54, 1.807) is 7.11 Å². The number of carbonyl (C=O) groups excluding carboxylic acids is 2. The molecule has 0 radical (unpaired) electrons. The molecule has 1 aliphatic carbocycles. The summed E-state index contributed by atoms with van der Waals surface area (Å²) < 4.78 is 18.4. The van der Waals surface area contributed by atoms with Gasteiger partial charge < -0.3 is 15.4 Å². The Morgan fingerprint density at radius 3 is 2.63 bits per heavy atom. The van der Waals surface area contributed by atoms with E-state index in [-0.39, 0.29) is 10.9 Å². The minimum Gasteiger partial charge on any atom is -0.497 e. The Labute approximate surface area is 161 Å². The molecule has 2 aromatic rings. The molecule has 5 nitrogen and oxygen atoms in total. The lowest BCUT2D eigenvalue weighted by molar-refractivity contribution is -0.134. The molecule has 2 aromatic carbocycles. The summed E-state index contributed by atoms with van der Waals surface area (Å²) >= 11 is 5.72. The summed E-state index contributed by atoms with van der Waals surface area (Å²) in [6, 6.07) is 11.5. The Morgan fingerprint density at radius 2 is 1.96 bits per heavy atom. The fourth-order valence-electron chi connectivity index (χ4n) is 2.82. The van der Waals surface area contributed by atoms with Crippen LogP contribution >= 0.6 is 11.6 Å². The normalized spacial score (nSPS) is 14.3. The largest absolute Gasteiger partial charge is 0.497 e. The smallest absolute Gasteiger partial charge is 0.240 e. The van der Waals surface area contributed by atoms with E-state index >= 15 is 0 Å². The molecule has 0 saturated heterocycles. The zero-order valence-electron chi connectivity index (χ0n) is 14.9. The Kier molecular flexibility index (Phi) is 5.65. The number of methoxy groups -OCH3 is 1. The molecule has 2 N–H and O–H groups in total. The predicted molar refractivity (Wildman–Crippen MR) is 101 cm³/mol. The molecule has 27 heavy (non-hydrogen) atoms. The van der Waals surface area contributed by atoms with Crippen LogP contribution in [0.2, 0.25) is 5.02 Å². The lowest BCUT2D eigenvalue weighted by Gasteiger charge is -2.16. The predicted octanol–water partition coefficient (Wildman–Crippen LogP) is 3.57. The van der Waals surface area contributed by atoms with Crippen LogP contribution in [0.4, 0.5) is 10.1 Å². The second-order valence-corrected chi connectivity index (χ2v) is 6.93. The highest BCUT2D eigenvalue weighted by atomic mass is 35.5. The first-order chi connectivity index (χ1) is 12.9. The van der Waals surface area contributed by atoms with Crippen molar-refractivity contribution in [2.45, 2.75) is 19.3 Å². The van der Waals surface area contributed by atoms with E-state index in [9.17, 15) is 14.0 Å². The van der Waals surface area contributed by atoms with Crippen LogP contribution in [0.15, 0.2) is 42.5 Å². The van der Waals surface area contributed by atoms with E-state index in [1.807, 2.05) is 24.3 Å². The van der Waals surface area contributed by atoms with E-state index in [0.29, 0.717) is 31.5 Å². The van der Waals surface area contributed by atoms with Crippen molar-refractivity contribution in [2.24, 2.45) is 5.41 Å². The molecule has 1 aliphatic rings. The van der Waals surface area contributed by atoms with Gasteiger partial charge in [0.15, 0.2) is 0 Å². The van der Waals surface area contributed by atoms with Gasteiger partial charge in [0, 0.05) is 12.2 Å². The molecule has 2 amide bonds. The number of rotatable bonds is 7. The van der Waals surface area contributed by atoms with E-state index in [2.05, 4.69) is 10.6 Å². The third kappa shape index (κ3) is 4.39. The van der Waals surface area contributed by atoms with Gasteiger partial charge in [-0.2, -0.15) is 0 Å². The van der Waals surface area contributed by atoms with Gasteiger partial charge in [-0.15, -0.1) is 0 Å². The Balaban J connectivity index is 1.55. The summed E-state index contributed by atoms with van der Waals surface area (Å²) in [6.45, 7) is 0.420. The fourth-order valence-corrected chi connectivity index (χ4v) is 3.00. The van der Waals surface area contributed by atoms with E-state index in [1.165, 1.54) is 18.2 Å². The van der Waals surface area contributed by atoms with Crippen LogP contribution in [0.3, 0.4) is 0 Å². The quantitative estimate of drug-likeness (QED) is 0.710. The van der Waals surface area contributed by atoms with Crippen molar-refractivity contribution in [3.05, 3.63) is 58.9 Å². The monoisotopic (exact) mass is 390 g/mol. The number of hydrogen-bond donors (Lipinski definition) is 2. The van der Waals surface area contributed by atoms with E-state index in [0.717, 1.165) is 11.3 Å². The fraction of sp³-hybridized carbons (Fsp3) is 0.300. The number of carbonyl (C=O) groups is 2. The Morgan fingerprint density at radius 1 is 1.19 bits per heavy atom. The number of benzene rings is 2. The van der Waals surface area contributed by atoms with Crippen molar-refractivity contribution in [3.8, 4) is 5.75 Å².